The Morgan fingerprint density at radius 1 is 0.912 bits per heavy atom. The lowest BCUT2D eigenvalue weighted by Crippen LogP contribution is -2.10. The maximum absolute atomic E-state index is 13.3. The first-order valence-corrected chi connectivity index (χ1v) is 11.6. The quantitative estimate of drug-likeness (QED) is 0.304. The Labute approximate surface area is 199 Å². The molecule has 1 heterocycles. The Balaban J connectivity index is 1.50. The van der Waals surface area contributed by atoms with Crippen molar-refractivity contribution in [3.8, 4) is 11.5 Å². The summed E-state index contributed by atoms with van der Waals surface area (Å²) in [6.45, 7) is 4.40. The van der Waals surface area contributed by atoms with Gasteiger partial charge >= 0.3 is 5.97 Å². The molecule has 4 aromatic rings. The Bertz CT molecular complexity index is 1280. The number of carboxylic acids is 1. The second-order valence-electron chi connectivity index (χ2n) is 8.96. The molecule has 0 fully saturated rings. The van der Waals surface area contributed by atoms with E-state index in [0.717, 1.165) is 28.6 Å². The first-order valence-electron chi connectivity index (χ1n) is 11.6. The number of hydrogen-bond donors (Lipinski definition) is 1. The van der Waals surface area contributed by atoms with Gasteiger partial charge in [0.15, 0.2) is 0 Å². The number of benzene rings is 3. The highest BCUT2D eigenvalue weighted by Gasteiger charge is 2.15. The first-order chi connectivity index (χ1) is 16.4. The number of carboxylic acid groups (broad SMARTS) is 1. The molecule has 1 aromatic heterocycles. The van der Waals surface area contributed by atoms with E-state index in [1.807, 2.05) is 42.6 Å². The minimum Gasteiger partial charge on any atom is -0.481 e. The second kappa shape index (κ2) is 10.4. The van der Waals surface area contributed by atoms with Crippen LogP contribution in [0.4, 0.5) is 0 Å². The molecule has 0 aliphatic heterocycles. The van der Waals surface area contributed by atoms with E-state index >= 15 is 0 Å². The monoisotopic (exact) mass is 455 g/mol. The van der Waals surface area contributed by atoms with Crippen LogP contribution in [0, 0.1) is 5.92 Å². The molecule has 0 unspecified atom stereocenters. The molecule has 5 nitrogen and oxygen atoms in total. The number of fused-ring (bicyclic) bond motifs is 1. The summed E-state index contributed by atoms with van der Waals surface area (Å²) >= 11 is 0. The molecule has 0 amide bonds. The predicted molar refractivity (Wildman–Crippen MR) is 134 cm³/mol. The van der Waals surface area contributed by atoms with Crippen molar-refractivity contribution >= 4 is 22.8 Å². The van der Waals surface area contributed by atoms with E-state index < -0.39 is 5.97 Å². The summed E-state index contributed by atoms with van der Waals surface area (Å²) in [6.07, 6.45) is 4.11. The zero-order valence-electron chi connectivity index (χ0n) is 19.5. The average Bonchev–Trinajstić information content (AvgIpc) is 3.18. The normalized spacial score (nSPS) is 11.1. The smallest absolute Gasteiger partial charge is 0.303 e. The van der Waals surface area contributed by atoms with Crippen LogP contribution in [-0.2, 0) is 17.6 Å². The Morgan fingerprint density at radius 3 is 2.21 bits per heavy atom. The molecule has 0 saturated heterocycles. The number of para-hydroxylation sites is 1. The third kappa shape index (κ3) is 5.54. The highest BCUT2D eigenvalue weighted by atomic mass is 16.5. The Hall–Kier alpha value is -3.86. The van der Waals surface area contributed by atoms with Crippen LogP contribution >= 0.6 is 0 Å². The van der Waals surface area contributed by atoms with Crippen molar-refractivity contribution in [2.75, 3.05) is 0 Å². The third-order valence-electron chi connectivity index (χ3n) is 5.75. The van der Waals surface area contributed by atoms with Crippen LogP contribution in [0.3, 0.4) is 0 Å². The fourth-order valence-electron chi connectivity index (χ4n) is 4.15. The number of hydrogen-bond acceptors (Lipinski definition) is 3. The van der Waals surface area contributed by atoms with Crippen LogP contribution in [0.1, 0.15) is 48.2 Å². The van der Waals surface area contributed by atoms with Crippen molar-refractivity contribution in [2.45, 2.75) is 39.5 Å². The summed E-state index contributed by atoms with van der Waals surface area (Å²) in [5.41, 5.74) is 3.63. The number of aryl methyl sites for hydroxylation is 1. The minimum absolute atomic E-state index is 0.107. The molecule has 174 valence electrons. The van der Waals surface area contributed by atoms with Gasteiger partial charge in [-0.1, -0.05) is 44.2 Å². The van der Waals surface area contributed by atoms with Crippen LogP contribution in [0.25, 0.3) is 10.9 Å². The number of aliphatic carboxylic acids is 1. The van der Waals surface area contributed by atoms with Crippen LogP contribution < -0.4 is 4.74 Å². The summed E-state index contributed by atoms with van der Waals surface area (Å²) in [5.74, 6) is 1.09. The van der Waals surface area contributed by atoms with Gasteiger partial charge in [-0.25, -0.2) is 0 Å². The molecule has 3 aromatic carbocycles. The molecular weight excluding hydrogens is 426 g/mol. The summed E-state index contributed by atoms with van der Waals surface area (Å²) in [4.78, 5) is 24.2. The van der Waals surface area contributed by atoms with Gasteiger partial charge in [0, 0.05) is 23.6 Å². The zero-order valence-corrected chi connectivity index (χ0v) is 19.5. The van der Waals surface area contributed by atoms with Gasteiger partial charge in [-0.15, -0.1) is 0 Å². The summed E-state index contributed by atoms with van der Waals surface area (Å²) < 4.78 is 7.60. The van der Waals surface area contributed by atoms with Crippen LogP contribution in [-0.4, -0.2) is 21.6 Å². The van der Waals surface area contributed by atoms with Gasteiger partial charge in [0.25, 0.3) is 5.91 Å². The minimum atomic E-state index is -0.811. The standard InChI is InChI=1S/C29H29NO4/c1-20(2)18-21-10-14-24(15-11-21)34-25-16-12-22(13-17-25)29(33)30-19-23(6-5-9-28(31)32)26-7-3-4-8-27(26)30/h3-4,7-8,10-17,19-20H,5-6,9,18H2,1-2H3,(H,31,32). The fourth-order valence-corrected chi connectivity index (χ4v) is 4.15. The van der Waals surface area contributed by atoms with E-state index in [0.29, 0.717) is 30.1 Å². The first kappa shape index (κ1) is 23.3. The molecular formula is C29H29NO4. The molecule has 0 bridgehead atoms. The molecule has 0 aliphatic rings. The van der Waals surface area contributed by atoms with E-state index in [2.05, 4.69) is 26.0 Å². The molecule has 0 saturated carbocycles. The predicted octanol–water partition coefficient (Wildman–Crippen LogP) is 6.73. The number of carbonyl (C=O) groups excluding carboxylic acids is 1. The van der Waals surface area contributed by atoms with E-state index in [-0.39, 0.29) is 12.3 Å². The number of nitrogens with zero attached hydrogens (tertiary/aromatic N) is 1. The van der Waals surface area contributed by atoms with Gasteiger partial charge in [0.05, 0.1) is 5.52 Å². The summed E-state index contributed by atoms with van der Waals surface area (Å²) in [5, 5.41) is 9.91. The van der Waals surface area contributed by atoms with Crippen molar-refractivity contribution in [3.63, 3.8) is 0 Å². The lowest BCUT2D eigenvalue weighted by molar-refractivity contribution is -0.137. The number of rotatable bonds is 9. The van der Waals surface area contributed by atoms with Crippen LogP contribution in [0.15, 0.2) is 79.0 Å². The van der Waals surface area contributed by atoms with Gasteiger partial charge in [-0.3, -0.25) is 14.2 Å². The van der Waals surface area contributed by atoms with Crippen molar-refractivity contribution in [1.82, 2.24) is 4.57 Å². The van der Waals surface area contributed by atoms with Gasteiger partial charge in [-0.2, -0.15) is 0 Å². The number of ether oxygens (including phenoxy) is 1. The lowest BCUT2D eigenvalue weighted by Gasteiger charge is -2.09. The average molecular weight is 456 g/mol. The molecule has 5 heteroatoms. The van der Waals surface area contributed by atoms with Crippen LogP contribution in [0.2, 0.25) is 0 Å². The molecule has 4 rings (SSSR count). The second-order valence-corrected chi connectivity index (χ2v) is 8.96. The SMILES string of the molecule is CC(C)Cc1ccc(Oc2ccc(C(=O)n3cc(CCCC(=O)O)c4ccccc43)cc2)cc1. The van der Waals surface area contributed by atoms with Crippen LogP contribution in [0.5, 0.6) is 11.5 Å². The molecule has 0 radical (unpaired) electrons. The van der Waals surface area contributed by atoms with Crippen molar-refractivity contribution in [3.05, 3.63) is 95.7 Å². The summed E-state index contributed by atoms with van der Waals surface area (Å²) in [7, 11) is 0. The Morgan fingerprint density at radius 2 is 1.56 bits per heavy atom. The van der Waals surface area contributed by atoms with Gasteiger partial charge < -0.3 is 9.84 Å². The van der Waals surface area contributed by atoms with E-state index in [9.17, 15) is 9.59 Å². The number of carbonyl (C=O) groups is 2. The highest BCUT2D eigenvalue weighted by molar-refractivity contribution is 6.03. The zero-order chi connectivity index (χ0) is 24.1. The van der Waals surface area contributed by atoms with Crippen molar-refractivity contribution in [2.24, 2.45) is 5.92 Å². The molecule has 1 N–H and O–H groups in total. The topological polar surface area (TPSA) is 68.5 Å². The van der Waals surface area contributed by atoms with E-state index in [1.165, 1.54) is 5.56 Å². The largest absolute Gasteiger partial charge is 0.481 e. The third-order valence-corrected chi connectivity index (χ3v) is 5.75. The molecule has 0 aliphatic carbocycles. The maximum atomic E-state index is 13.3. The molecule has 0 atom stereocenters. The van der Waals surface area contributed by atoms with Gasteiger partial charge in [0.2, 0.25) is 0 Å². The van der Waals surface area contributed by atoms with Crippen molar-refractivity contribution < 1.29 is 19.4 Å². The molecule has 34 heavy (non-hydrogen) atoms. The summed E-state index contributed by atoms with van der Waals surface area (Å²) in [6, 6.07) is 22.9. The van der Waals surface area contributed by atoms with Crippen molar-refractivity contribution in [1.29, 1.82) is 0 Å². The van der Waals surface area contributed by atoms with Gasteiger partial charge in [0.1, 0.15) is 11.5 Å². The molecule has 0 spiro atoms. The Kier molecular flexibility index (Phi) is 7.12. The number of aromatic nitrogens is 1. The van der Waals surface area contributed by atoms with Gasteiger partial charge in [-0.05, 0) is 78.8 Å². The highest BCUT2D eigenvalue weighted by Crippen LogP contribution is 2.26. The van der Waals surface area contributed by atoms with E-state index in [1.54, 1.807) is 28.8 Å². The lowest BCUT2D eigenvalue weighted by atomic mass is 10.0. The fraction of sp³-hybridized carbons (Fsp3) is 0.241. The van der Waals surface area contributed by atoms with E-state index in [4.69, 9.17) is 9.84 Å². The maximum Gasteiger partial charge on any atom is 0.303 e.